The van der Waals surface area contributed by atoms with Gasteiger partial charge < -0.3 is 10.6 Å². The normalized spacial score (nSPS) is 36.4. The van der Waals surface area contributed by atoms with Crippen molar-refractivity contribution in [2.24, 2.45) is 11.1 Å². The first kappa shape index (κ1) is 13.4. The molecule has 2 atom stereocenters. The number of nitrogens with two attached hydrogens (primary N) is 1. The standard InChI is InChI=1S/C15H30N2/c1-15(11-7-10-14(15)16)12-17(2)13-8-5-3-4-6-9-13/h13-14H,3-12,16H2,1-2H3. The summed E-state index contributed by atoms with van der Waals surface area (Å²) in [5, 5.41) is 0. The molecule has 2 heteroatoms. The Bertz CT molecular complexity index is 233. The Balaban J connectivity index is 1.88. The van der Waals surface area contributed by atoms with Crippen molar-refractivity contribution in [2.75, 3.05) is 13.6 Å². The molecule has 2 nitrogen and oxygen atoms in total. The third kappa shape index (κ3) is 3.23. The average Bonchev–Trinajstić information content (AvgIpc) is 2.55. The molecule has 2 N–H and O–H groups in total. The third-order valence-corrected chi connectivity index (χ3v) is 5.22. The first-order chi connectivity index (χ1) is 8.12. The van der Waals surface area contributed by atoms with Gasteiger partial charge in [0.05, 0.1) is 0 Å². The van der Waals surface area contributed by atoms with E-state index < -0.39 is 0 Å². The van der Waals surface area contributed by atoms with Gasteiger partial charge in [0.1, 0.15) is 0 Å². The molecule has 2 unspecified atom stereocenters. The third-order valence-electron chi connectivity index (χ3n) is 5.22. The summed E-state index contributed by atoms with van der Waals surface area (Å²) in [4.78, 5) is 2.62. The van der Waals surface area contributed by atoms with Crippen LogP contribution in [0.5, 0.6) is 0 Å². The first-order valence-corrected chi connectivity index (χ1v) is 7.58. The zero-order valence-corrected chi connectivity index (χ0v) is 11.8. The van der Waals surface area contributed by atoms with E-state index in [4.69, 9.17) is 5.73 Å². The van der Waals surface area contributed by atoms with E-state index >= 15 is 0 Å². The minimum absolute atomic E-state index is 0.376. The Morgan fingerprint density at radius 1 is 1.06 bits per heavy atom. The van der Waals surface area contributed by atoms with Crippen LogP contribution in [0, 0.1) is 5.41 Å². The molecule has 2 aliphatic rings. The van der Waals surface area contributed by atoms with Crippen LogP contribution < -0.4 is 5.73 Å². The summed E-state index contributed by atoms with van der Waals surface area (Å²) in [6, 6.07) is 1.25. The van der Waals surface area contributed by atoms with Gasteiger partial charge in [-0.05, 0) is 38.1 Å². The molecule has 2 aliphatic carbocycles. The molecule has 0 radical (unpaired) electrons. The quantitative estimate of drug-likeness (QED) is 0.765. The summed E-state index contributed by atoms with van der Waals surface area (Å²) in [7, 11) is 2.33. The second-order valence-corrected chi connectivity index (χ2v) is 6.71. The summed E-state index contributed by atoms with van der Waals surface area (Å²) < 4.78 is 0. The molecular weight excluding hydrogens is 208 g/mol. The fourth-order valence-corrected chi connectivity index (χ4v) is 3.85. The molecule has 100 valence electrons. The summed E-state index contributed by atoms with van der Waals surface area (Å²) in [6.45, 7) is 3.61. The maximum atomic E-state index is 6.30. The van der Waals surface area contributed by atoms with Gasteiger partial charge in [0.25, 0.3) is 0 Å². The number of nitrogens with zero attached hydrogens (tertiary/aromatic N) is 1. The van der Waals surface area contributed by atoms with E-state index in [0.717, 1.165) is 6.04 Å². The van der Waals surface area contributed by atoms with Crippen LogP contribution in [0.1, 0.15) is 64.7 Å². The maximum absolute atomic E-state index is 6.30. The van der Waals surface area contributed by atoms with Crippen molar-refractivity contribution in [3.63, 3.8) is 0 Å². The van der Waals surface area contributed by atoms with E-state index in [9.17, 15) is 0 Å². The van der Waals surface area contributed by atoms with Gasteiger partial charge in [-0.2, -0.15) is 0 Å². The molecule has 0 aromatic rings. The van der Waals surface area contributed by atoms with Crippen LogP contribution in [0.25, 0.3) is 0 Å². The van der Waals surface area contributed by atoms with Crippen LogP contribution in [-0.4, -0.2) is 30.6 Å². The molecule has 0 spiro atoms. The van der Waals surface area contributed by atoms with Crippen molar-refractivity contribution in [1.29, 1.82) is 0 Å². The van der Waals surface area contributed by atoms with Gasteiger partial charge in [-0.3, -0.25) is 0 Å². The van der Waals surface area contributed by atoms with E-state index in [1.807, 2.05) is 0 Å². The Hall–Kier alpha value is -0.0800. The maximum Gasteiger partial charge on any atom is 0.0105 e. The second kappa shape index (κ2) is 5.71. The molecule has 2 saturated carbocycles. The Labute approximate surface area is 107 Å². The lowest BCUT2D eigenvalue weighted by Crippen LogP contribution is -2.46. The molecule has 2 rings (SSSR count). The van der Waals surface area contributed by atoms with Gasteiger partial charge in [0, 0.05) is 18.6 Å². The Morgan fingerprint density at radius 3 is 2.24 bits per heavy atom. The molecular formula is C15H30N2. The lowest BCUT2D eigenvalue weighted by atomic mass is 9.84. The first-order valence-electron chi connectivity index (χ1n) is 7.58. The molecule has 0 aromatic carbocycles. The molecule has 0 heterocycles. The molecule has 0 aliphatic heterocycles. The monoisotopic (exact) mass is 238 g/mol. The van der Waals surface area contributed by atoms with Gasteiger partial charge >= 0.3 is 0 Å². The molecule has 0 saturated heterocycles. The molecule has 0 aromatic heterocycles. The minimum atomic E-state index is 0.376. The molecule has 17 heavy (non-hydrogen) atoms. The highest BCUT2D eigenvalue weighted by Gasteiger charge is 2.38. The van der Waals surface area contributed by atoms with Crippen molar-refractivity contribution in [2.45, 2.75) is 76.8 Å². The molecule has 2 fully saturated rings. The van der Waals surface area contributed by atoms with Crippen molar-refractivity contribution in [3.8, 4) is 0 Å². The van der Waals surface area contributed by atoms with Crippen LogP contribution in [0.2, 0.25) is 0 Å². The topological polar surface area (TPSA) is 29.3 Å². The highest BCUT2D eigenvalue weighted by Crippen LogP contribution is 2.38. The largest absolute Gasteiger partial charge is 0.327 e. The average molecular weight is 238 g/mol. The van der Waals surface area contributed by atoms with Gasteiger partial charge in [0.2, 0.25) is 0 Å². The Morgan fingerprint density at radius 2 is 1.71 bits per heavy atom. The van der Waals surface area contributed by atoms with Crippen LogP contribution in [0.15, 0.2) is 0 Å². The van der Waals surface area contributed by atoms with Gasteiger partial charge in [-0.25, -0.2) is 0 Å². The van der Waals surface area contributed by atoms with Gasteiger partial charge in [0.15, 0.2) is 0 Å². The number of hydrogen-bond donors (Lipinski definition) is 1. The fourth-order valence-electron chi connectivity index (χ4n) is 3.85. The van der Waals surface area contributed by atoms with E-state index in [1.54, 1.807) is 0 Å². The SMILES string of the molecule is CN(CC1(C)CCCC1N)C1CCCCCC1. The van der Waals surface area contributed by atoms with Crippen molar-refractivity contribution < 1.29 is 0 Å². The summed E-state index contributed by atoms with van der Waals surface area (Å²) >= 11 is 0. The summed E-state index contributed by atoms with van der Waals surface area (Å²) in [5.74, 6) is 0. The van der Waals surface area contributed by atoms with E-state index in [2.05, 4.69) is 18.9 Å². The smallest absolute Gasteiger partial charge is 0.0105 e. The minimum Gasteiger partial charge on any atom is -0.327 e. The van der Waals surface area contributed by atoms with Crippen LogP contribution in [0.4, 0.5) is 0 Å². The number of hydrogen-bond acceptors (Lipinski definition) is 2. The zero-order chi connectivity index (χ0) is 12.3. The predicted molar refractivity (Wildman–Crippen MR) is 74.1 cm³/mol. The van der Waals surface area contributed by atoms with Crippen molar-refractivity contribution >= 4 is 0 Å². The predicted octanol–water partition coefficient (Wildman–Crippen LogP) is 3.16. The summed E-state index contributed by atoms with van der Waals surface area (Å²) in [5.41, 5.74) is 6.67. The zero-order valence-electron chi connectivity index (χ0n) is 11.8. The fraction of sp³-hybridized carbons (Fsp3) is 1.00. The Kier molecular flexibility index (Phi) is 4.48. The van der Waals surface area contributed by atoms with E-state index in [0.29, 0.717) is 11.5 Å². The van der Waals surface area contributed by atoms with Gasteiger partial charge in [-0.1, -0.05) is 39.0 Å². The lowest BCUT2D eigenvalue weighted by Gasteiger charge is -2.37. The second-order valence-electron chi connectivity index (χ2n) is 6.71. The lowest BCUT2D eigenvalue weighted by molar-refractivity contribution is 0.129. The molecule has 0 bridgehead atoms. The van der Waals surface area contributed by atoms with Crippen LogP contribution >= 0.6 is 0 Å². The highest BCUT2D eigenvalue weighted by molar-refractivity contribution is 4.94. The summed E-state index contributed by atoms with van der Waals surface area (Å²) in [6.07, 6.45) is 12.4. The van der Waals surface area contributed by atoms with Crippen molar-refractivity contribution in [1.82, 2.24) is 4.90 Å². The molecule has 0 amide bonds. The number of rotatable bonds is 3. The van der Waals surface area contributed by atoms with Crippen LogP contribution in [-0.2, 0) is 0 Å². The van der Waals surface area contributed by atoms with Crippen molar-refractivity contribution in [3.05, 3.63) is 0 Å². The van der Waals surface area contributed by atoms with Crippen LogP contribution in [0.3, 0.4) is 0 Å². The van der Waals surface area contributed by atoms with E-state index in [1.165, 1.54) is 64.3 Å². The van der Waals surface area contributed by atoms with Gasteiger partial charge in [-0.15, -0.1) is 0 Å². The highest BCUT2D eigenvalue weighted by atomic mass is 15.1. The van der Waals surface area contributed by atoms with E-state index in [-0.39, 0.29) is 0 Å².